The van der Waals surface area contributed by atoms with E-state index >= 15 is 0 Å². The van der Waals surface area contributed by atoms with Crippen molar-refractivity contribution in [3.8, 4) is 5.75 Å². The number of hydrogen-bond acceptors (Lipinski definition) is 3. The zero-order valence-corrected chi connectivity index (χ0v) is 10.3. The van der Waals surface area contributed by atoms with E-state index in [1.807, 2.05) is 13.0 Å². The van der Waals surface area contributed by atoms with E-state index in [-0.39, 0.29) is 6.04 Å². The summed E-state index contributed by atoms with van der Waals surface area (Å²) in [6, 6.07) is 6.53. The predicted octanol–water partition coefficient (Wildman–Crippen LogP) is 1.79. The van der Waals surface area contributed by atoms with Crippen LogP contribution in [0.25, 0.3) is 0 Å². The summed E-state index contributed by atoms with van der Waals surface area (Å²) in [5.74, 6) is 1.02. The maximum Gasteiger partial charge on any atom is 0.122 e. The largest absolute Gasteiger partial charge is 0.493 e. The maximum atomic E-state index is 5.81. The van der Waals surface area contributed by atoms with Crippen molar-refractivity contribution >= 4 is 0 Å². The molecule has 1 aliphatic rings. The predicted molar refractivity (Wildman–Crippen MR) is 70.3 cm³/mol. The van der Waals surface area contributed by atoms with E-state index in [4.69, 9.17) is 10.5 Å². The van der Waals surface area contributed by atoms with Gasteiger partial charge in [0.15, 0.2) is 0 Å². The molecule has 1 aromatic carbocycles. The Bertz CT molecular complexity index is 415. The first-order chi connectivity index (χ1) is 8.20. The first-order valence-electron chi connectivity index (χ1n) is 6.04. The third-order valence-electron chi connectivity index (χ3n) is 3.00. The van der Waals surface area contributed by atoms with Gasteiger partial charge >= 0.3 is 0 Å². The molecule has 0 amide bonds. The molecule has 1 unspecified atom stereocenters. The van der Waals surface area contributed by atoms with E-state index in [1.165, 1.54) is 11.1 Å². The summed E-state index contributed by atoms with van der Waals surface area (Å²) in [5, 5.41) is 3.41. The number of fused-ring (bicyclic) bond motifs is 1. The summed E-state index contributed by atoms with van der Waals surface area (Å²) in [7, 11) is 0. The zero-order valence-electron chi connectivity index (χ0n) is 10.3. The lowest BCUT2D eigenvalue weighted by atomic mass is 10.0. The van der Waals surface area contributed by atoms with Crippen molar-refractivity contribution in [1.82, 2.24) is 5.32 Å². The number of nitrogens with two attached hydrogens (primary N) is 1. The molecule has 0 bridgehead atoms. The summed E-state index contributed by atoms with van der Waals surface area (Å²) >= 11 is 0. The highest BCUT2D eigenvalue weighted by molar-refractivity contribution is 5.40. The molecule has 3 N–H and O–H groups in total. The summed E-state index contributed by atoms with van der Waals surface area (Å²) in [4.78, 5) is 0. The van der Waals surface area contributed by atoms with Gasteiger partial charge in [-0.1, -0.05) is 24.3 Å². The lowest BCUT2D eigenvalue weighted by Gasteiger charge is -2.18. The van der Waals surface area contributed by atoms with E-state index < -0.39 is 0 Å². The van der Waals surface area contributed by atoms with E-state index in [1.54, 1.807) is 0 Å². The summed E-state index contributed by atoms with van der Waals surface area (Å²) < 4.78 is 5.50. The van der Waals surface area contributed by atoms with Crippen LogP contribution < -0.4 is 15.8 Å². The van der Waals surface area contributed by atoms with Crippen molar-refractivity contribution in [3.63, 3.8) is 0 Å². The van der Waals surface area contributed by atoms with Crippen molar-refractivity contribution in [1.29, 1.82) is 0 Å². The number of hydrogen-bond donors (Lipinski definition) is 2. The first-order valence-corrected chi connectivity index (χ1v) is 6.04. The molecule has 0 saturated heterocycles. The van der Waals surface area contributed by atoms with E-state index in [0.717, 1.165) is 30.9 Å². The minimum Gasteiger partial charge on any atom is -0.493 e. The molecule has 1 aliphatic heterocycles. The molecular weight excluding hydrogens is 212 g/mol. The molecule has 1 atom stereocenters. The smallest absolute Gasteiger partial charge is 0.122 e. The van der Waals surface area contributed by atoms with Crippen LogP contribution in [0.1, 0.15) is 24.1 Å². The number of benzene rings is 1. The lowest BCUT2D eigenvalue weighted by molar-refractivity contribution is 0.356. The van der Waals surface area contributed by atoms with Gasteiger partial charge in [0.2, 0.25) is 0 Å². The first kappa shape index (κ1) is 12.1. The normalized spacial score (nSPS) is 15.2. The minimum absolute atomic E-state index is 0.192. The Kier molecular flexibility index (Phi) is 3.82. The van der Waals surface area contributed by atoms with Crippen molar-refractivity contribution in [2.75, 3.05) is 19.7 Å². The number of ether oxygens (including phenoxy) is 1. The SMILES string of the molecule is C=C(C)CNC(CN)c1ccc2c(c1)CCO2. The van der Waals surface area contributed by atoms with Gasteiger partial charge in [-0.25, -0.2) is 0 Å². The molecular formula is C14H20N2O. The van der Waals surface area contributed by atoms with E-state index in [9.17, 15) is 0 Å². The summed E-state index contributed by atoms with van der Waals surface area (Å²) in [6.45, 7) is 8.09. The van der Waals surface area contributed by atoms with Crippen molar-refractivity contribution < 1.29 is 4.74 Å². The maximum absolute atomic E-state index is 5.81. The van der Waals surface area contributed by atoms with Crippen molar-refractivity contribution in [2.45, 2.75) is 19.4 Å². The fourth-order valence-corrected chi connectivity index (χ4v) is 2.06. The van der Waals surface area contributed by atoms with Crippen molar-refractivity contribution in [3.05, 3.63) is 41.5 Å². The third-order valence-corrected chi connectivity index (χ3v) is 3.00. The van der Waals surface area contributed by atoms with Crippen LogP contribution in [-0.4, -0.2) is 19.7 Å². The van der Waals surface area contributed by atoms with E-state index in [0.29, 0.717) is 6.54 Å². The Labute approximate surface area is 103 Å². The second-order valence-corrected chi connectivity index (χ2v) is 4.59. The molecule has 0 aromatic heterocycles. The summed E-state index contributed by atoms with van der Waals surface area (Å²) in [5.41, 5.74) is 9.46. The van der Waals surface area contributed by atoms with Crippen LogP contribution in [0.3, 0.4) is 0 Å². The lowest BCUT2D eigenvalue weighted by Crippen LogP contribution is -2.29. The highest BCUT2D eigenvalue weighted by atomic mass is 16.5. The van der Waals surface area contributed by atoms with Gasteiger partial charge in [0, 0.05) is 25.6 Å². The fraction of sp³-hybridized carbons (Fsp3) is 0.429. The molecule has 1 aromatic rings. The molecule has 2 rings (SSSR count). The fourth-order valence-electron chi connectivity index (χ4n) is 2.06. The Morgan fingerprint density at radius 2 is 2.41 bits per heavy atom. The molecule has 0 saturated carbocycles. The van der Waals surface area contributed by atoms with Gasteiger partial charge in [0.1, 0.15) is 5.75 Å². The molecule has 3 heteroatoms. The highest BCUT2D eigenvalue weighted by Crippen LogP contribution is 2.27. The standard InChI is InChI=1S/C14H20N2O/c1-10(2)9-16-13(8-15)11-3-4-14-12(7-11)5-6-17-14/h3-4,7,13,16H,1,5-6,8-9,15H2,2H3. The Morgan fingerprint density at radius 3 is 3.12 bits per heavy atom. The van der Waals surface area contributed by atoms with Gasteiger partial charge in [-0.3, -0.25) is 0 Å². The minimum atomic E-state index is 0.192. The molecule has 0 radical (unpaired) electrons. The molecule has 0 spiro atoms. The van der Waals surface area contributed by atoms with Crippen LogP contribution in [0.5, 0.6) is 5.75 Å². The van der Waals surface area contributed by atoms with E-state index in [2.05, 4.69) is 24.0 Å². The van der Waals surface area contributed by atoms with Gasteiger partial charge in [0.25, 0.3) is 0 Å². The van der Waals surface area contributed by atoms with Crippen LogP contribution >= 0.6 is 0 Å². The van der Waals surface area contributed by atoms with Crippen molar-refractivity contribution in [2.24, 2.45) is 5.73 Å². The van der Waals surface area contributed by atoms with Gasteiger partial charge in [-0.05, 0) is 24.1 Å². The average Bonchev–Trinajstić information content (AvgIpc) is 2.76. The van der Waals surface area contributed by atoms with Gasteiger partial charge < -0.3 is 15.8 Å². The topological polar surface area (TPSA) is 47.3 Å². The zero-order chi connectivity index (χ0) is 12.3. The Balaban J connectivity index is 2.11. The monoisotopic (exact) mass is 232 g/mol. The molecule has 0 fully saturated rings. The molecule has 1 heterocycles. The van der Waals surface area contributed by atoms with Crippen LogP contribution in [0.2, 0.25) is 0 Å². The third kappa shape index (κ3) is 2.87. The van der Waals surface area contributed by atoms with Crippen LogP contribution in [0, 0.1) is 0 Å². The Hall–Kier alpha value is -1.32. The highest BCUT2D eigenvalue weighted by Gasteiger charge is 2.15. The summed E-state index contributed by atoms with van der Waals surface area (Å²) in [6.07, 6.45) is 1.00. The van der Waals surface area contributed by atoms with Gasteiger partial charge in [0.05, 0.1) is 6.61 Å². The second-order valence-electron chi connectivity index (χ2n) is 4.59. The molecule has 3 nitrogen and oxygen atoms in total. The van der Waals surface area contributed by atoms with Gasteiger partial charge in [-0.15, -0.1) is 0 Å². The number of rotatable bonds is 5. The van der Waals surface area contributed by atoms with Crippen LogP contribution in [0.4, 0.5) is 0 Å². The Morgan fingerprint density at radius 1 is 1.59 bits per heavy atom. The number of nitrogens with one attached hydrogen (secondary N) is 1. The van der Waals surface area contributed by atoms with Crippen LogP contribution in [-0.2, 0) is 6.42 Å². The molecule has 92 valence electrons. The van der Waals surface area contributed by atoms with Gasteiger partial charge in [-0.2, -0.15) is 0 Å². The average molecular weight is 232 g/mol. The quantitative estimate of drug-likeness (QED) is 0.761. The second kappa shape index (κ2) is 5.34. The molecule has 0 aliphatic carbocycles. The molecule has 17 heavy (non-hydrogen) atoms. The van der Waals surface area contributed by atoms with Crippen LogP contribution in [0.15, 0.2) is 30.4 Å².